The number of hydrogen-bond donors (Lipinski definition) is 0. The highest BCUT2D eigenvalue weighted by atomic mass is 79.9. The predicted molar refractivity (Wildman–Crippen MR) is 81.5 cm³/mol. The van der Waals surface area contributed by atoms with E-state index in [-0.39, 0.29) is 5.92 Å². The van der Waals surface area contributed by atoms with Crippen molar-refractivity contribution in [2.75, 3.05) is 0 Å². The highest BCUT2D eigenvalue weighted by Crippen LogP contribution is 2.30. The van der Waals surface area contributed by atoms with Crippen LogP contribution in [-0.4, -0.2) is 9.73 Å². The fourth-order valence-electron chi connectivity index (χ4n) is 1.66. The quantitative estimate of drug-likeness (QED) is 0.642. The molecule has 0 aliphatic heterocycles. The molecular formula is C12H8BrClS2. The van der Waals surface area contributed by atoms with Crippen LogP contribution in [0.25, 0.3) is 0 Å². The maximum absolute atomic E-state index is 6.01. The SMILES string of the molecule is S=C1CC=C(Cl)C=C1C1C=C(Br)C=CC1=S. The van der Waals surface area contributed by atoms with Gasteiger partial charge in [0.05, 0.1) is 0 Å². The van der Waals surface area contributed by atoms with Gasteiger partial charge in [0.15, 0.2) is 0 Å². The molecule has 2 aliphatic rings. The van der Waals surface area contributed by atoms with Crippen LogP contribution in [0.4, 0.5) is 0 Å². The van der Waals surface area contributed by atoms with Crippen molar-refractivity contribution in [2.24, 2.45) is 5.92 Å². The molecule has 16 heavy (non-hydrogen) atoms. The Bertz CT molecular complexity index is 483. The second-order valence-electron chi connectivity index (χ2n) is 3.58. The molecule has 82 valence electrons. The molecule has 0 fully saturated rings. The highest BCUT2D eigenvalue weighted by molar-refractivity contribution is 9.11. The Morgan fingerprint density at radius 2 is 2.06 bits per heavy atom. The lowest BCUT2D eigenvalue weighted by atomic mass is 9.87. The topological polar surface area (TPSA) is 0 Å². The lowest BCUT2D eigenvalue weighted by Gasteiger charge is -2.22. The van der Waals surface area contributed by atoms with Gasteiger partial charge in [-0.2, -0.15) is 0 Å². The summed E-state index contributed by atoms with van der Waals surface area (Å²) in [6.07, 6.45) is 10.5. The van der Waals surface area contributed by atoms with Crippen molar-refractivity contribution in [3.63, 3.8) is 0 Å². The lowest BCUT2D eigenvalue weighted by molar-refractivity contribution is 1.09. The molecule has 0 bridgehead atoms. The van der Waals surface area contributed by atoms with E-state index in [1.165, 1.54) is 0 Å². The van der Waals surface area contributed by atoms with Gasteiger partial charge in [0.25, 0.3) is 0 Å². The van der Waals surface area contributed by atoms with Crippen molar-refractivity contribution in [3.05, 3.63) is 45.5 Å². The number of halogens is 2. The maximum atomic E-state index is 6.01. The first-order valence-electron chi connectivity index (χ1n) is 4.77. The van der Waals surface area contributed by atoms with Crippen molar-refractivity contribution in [3.8, 4) is 0 Å². The van der Waals surface area contributed by atoms with Gasteiger partial charge >= 0.3 is 0 Å². The Balaban J connectivity index is 2.38. The Kier molecular flexibility index (Phi) is 3.90. The Labute approximate surface area is 119 Å². The summed E-state index contributed by atoms with van der Waals surface area (Å²) in [5.41, 5.74) is 1.05. The smallest absolute Gasteiger partial charge is 0.0397 e. The summed E-state index contributed by atoms with van der Waals surface area (Å²) in [6, 6.07) is 0. The van der Waals surface area contributed by atoms with Gasteiger partial charge in [0.2, 0.25) is 0 Å². The molecule has 0 saturated heterocycles. The van der Waals surface area contributed by atoms with Crippen molar-refractivity contribution in [1.82, 2.24) is 0 Å². The average Bonchev–Trinajstić information content (AvgIpc) is 2.25. The third-order valence-electron chi connectivity index (χ3n) is 2.47. The van der Waals surface area contributed by atoms with Crippen LogP contribution >= 0.6 is 52.0 Å². The number of allylic oxidation sites excluding steroid dienone is 8. The third-order valence-corrected chi connectivity index (χ3v) is 4.06. The minimum atomic E-state index is 0.0734. The molecule has 1 unspecified atom stereocenters. The third kappa shape index (κ3) is 2.59. The fraction of sp³-hybridized carbons (Fsp3) is 0.167. The summed E-state index contributed by atoms with van der Waals surface area (Å²) >= 11 is 20.2. The molecule has 0 heterocycles. The van der Waals surface area contributed by atoms with Gasteiger partial charge in [0.1, 0.15) is 0 Å². The zero-order valence-corrected chi connectivity index (χ0v) is 12.2. The molecule has 0 aromatic carbocycles. The largest absolute Gasteiger partial charge is 0.0847 e. The molecule has 4 heteroatoms. The van der Waals surface area contributed by atoms with E-state index < -0.39 is 0 Å². The van der Waals surface area contributed by atoms with Gasteiger partial charge in [-0.15, -0.1) is 0 Å². The van der Waals surface area contributed by atoms with Crippen LogP contribution in [-0.2, 0) is 0 Å². The summed E-state index contributed by atoms with van der Waals surface area (Å²) < 4.78 is 1.03. The van der Waals surface area contributed by atoms with Gasteiger partial charge in [-0.3, -0.25) is 0 Å². The molecule has 2 rings (SSSR count). The molecule has 0 saturated carbocycles. The van der Waals surface area contributed by atoms with Crippen molar-refractivity contribution < 1.29 is 0 Å². The van der Waals surface area contributed by atoms with Gasteiger partial charge in [-0.25, -0.2) is 0 Å². The van der Waals surface area contributed by atoms with Crippen molar-refractivity contribution in [2.45, 2.75) is 6.42 Å². The van der Waals surface area contributed by atoms with Gasteiger partial charge in [0, 0.05) is 31.6 Å². The monoisotopic (exact) mass is 330 g/mol. The molecule has 0 spiro atoms. The Hall–Kier alpha value is -0.0900. The van der Waals surface area contributed by atoms with Crippen LogP contribution < -0.4 is 0 Å². The van der Waals surface area contributed by atoms with Gasteiger partial charge < -0.3 is 0 Å². The molecule has 0 amide bonds. The van der Waals surface area contributed by atoms with E-state index in [1.807, 2.05) is 24.3 Å². The van der Waals surface area contributed by atoms with Crippen LogP contribution in [0.15, 0.2) is 45.5 Å². The van der Waals surface area contributed by atoms with Crippen LogP contribution in [0.2, 0.25) is 0 Å². The van der Waals surface area contributed by atoms with E-state index in [4.69, 9.17) is 36.0 Å². The minimum absolute atomic E-state index is 0.0734. The number of thiocarbonyl (C=S) groups is 2. The van der Waals surface area contributed by atoms with E-state index in [0.717, 1.165) is 31.2 Å². The van der Waals surface area contributed by atoms with Crippen molar-refractivity contribution in [1.29, 1.82) is 0 Å². The first-order chi connectivity index (χ1) is 7.58. The van der Waals surface area contributed by atoms with Crippen LogP contribution in [0.5, 0.6) is 0 Å². The molecule has 0 N–H and O–H groups in total. The molecule has 0 aromatic rings. The maximum Gasteiger partial charge on any atom is 0.0397 e. The molecule has 2 aliphatic carbocycles. The summed E-state index contributed by atoms with van der Waals surface area (Å²) in [6.45, 7) is 0. The zero-order chi connectivity index (χ0) is 11.7. The van der Waals surface area contributed by atoms with Gasteiger partial charge in [-0.05, 0) is 23.8 Å². The van der Waals surface area contributed by atoms with Crippen LogP contribution in [0, 0.1) is 5.92 Å². The Morgan fingerprint density at radius 3 is 2.81 bits per heavy atom. The fourth-order valence-corrected chi connectivity index (χ4v) is 2.79. The minimum Gasteiger partial charge on any atom is -0.0847 e. The van der Waals surface area contributed by atoms with E-state index >= 15 is 0 Å². The zero-order valence-electron chi connectivity index (χ0n) is 8.24. The molecule has 1 atom stereocenters. The summed E-state index contributed by atoms with van der Waals surface area (Å²) in [4.78, 5) is 1.80. The molecular weight excluding hydrogens is 324 g/mol. The molecule has 0 aromatic heterocycles. The van der Waals surface area contributed by atoms with E-state index in [1.54, 1.807) is 0 Å². The lowest BCUT2D eigenvalue weighted by Crippen LogP contribution is -2.19. The number of hydrogen-bond acceptors (Lipinski definition) is 2. The average molecular weight is 332 g/mol. The standard InChI is InChI=1S/C12H8BrClS2/c13-7-1-3-11(15)9(5-7)10-6-8(14)2-4-12(10)16/h1-3,5-6,9H,4H2. The Morgan fingerprint density at radius 1 is 1.31 bits per heavy atom. The predicted octanol–water partition coefficient (Wildman–Crippen LogP) is 4.64. The van der Waals surface area contributed by atoms with E-state index in [2.05, 4.69) is 22.0 Å². The second-order valence-corrected chi connectivity index (χ2v) is 5.90. The highest BCUT2D eigenvalue weighted by Gasteiger charge is 2.23. The number of rotatable bonds is 1. The second kappa shape index (κ2) is 5.05. The van der Waals surface area contributed by atoms with Gasteiger partial charge in [-0.1, -0.05) is 64.1 Å². The van der Waals surface area contributed by atoms with Crippen LogP contribution in [0.1, 0.15) is 6.42 Å². The van der Waals surface area contributed by atoms with Crippen molar-refractivity contribution >= 4 is 61.7 Å². The summed E-state index contributed by atoms with van der Waals surface area (Å²) in [5, 5.41) is 0.741. The molecule has 0 nitrogen and oxygen atoms in total. The first-order valence-corrected chi connectivity index (χ1v) is 6.76. The molecule has 0 radical (unpaired) electrons. The normalized spacial score (nSPS) is 25.1. The summed E-state index contributed by atoms with van der Waals surface area (Å²) in [5.74, 6) is 0.0734. The first kappa shape index (κ1) is 12.4. The van der Waals surface area contributed by atoms with E-state index in [9.17, 15) is 0 Å². The van der Waals surface area contributed by atoms with Crippen LogP contribution in [0.3, 0.4) is 0 Å². The summed E-state index contributed by atoms with van der Waals surface area (Å²) in [7, 11) is 0. The van der Waals surface area contributed by atoms with E-state index in [0.29, 0.717) is 0 Å².